The number of carbonyl (C=O) groups excluding carboxylic acids is 4. The first kappa shape index (κ1) is 27.3. The van der Waals surface area contributed by atoms with E-state index in [-0.39, 0.29) is 54.7 Å². The monoisotopic (exact) mass is 438 g/mol. The molecular weight excluding hydrogens is 396 g/mol. The summed E-state index contributed by atoms with van der Waals surface area (Å²) in [6, 6.07) is 0. The van der Waals surface area contributed by atoms with Crippen LogP contribution in [0, 0.1) is 22.7 Å². The maximum absolute atomic E-state index is 12.6. The number of ketones is 1. The lowest BCUT2D eigenvalue weighted by molar-refractivity contribution is -0.142. The quantitative estimate of drug-likeness (QED) is 0.499. The Kier molecular flexibility index (Phi) is 9.01. The molecule has 1 fully saturated rings. The molecule has 0 aromatic rings. The first-order valence-corrected chi connectivity index (χ1v) is 11.3. The van der Waals surface area contributed by atoms with Crippen molar-refractivity contribution in [1.29, 1.82) is 0 Å². The highest BCUT2D eigenvalue weighted by atomic mass is 16.5. The van der Waals surface area contributed by atoms with Gasteiger partial charge in [-0.05, 0) is 26.2 Å². The van der Waals surface area contributed by atoms with Crippen molar-refractivity contribution in [3.05, 3.63) is 0 Å². The number of ether oxygens (including phenoxy) is 1. The summed E-state index contributed by atoms with van der Waals surface area (Å²) in [5.41, 5.74) is -1.53. The highest BCUT2D eigenvalue weighted by Gasteiger charge is 2.40. The highest BCUT2D eigenvalue weighted by molar-refractivity contribution is 6.03. The molecule has 0 spiro atoms. The van der Waals surface area contributed by atoms with Crippen LogP contribution in [-0.4, -0.2) is 53.7 Å². The fourth-order valence-electron chi connectivity index (χ4n) is 3.80. The van der Waals surface area contributed by atoms with Crippen molar-refractivity contribution in [1.82, 2.24) is 10.2 Å². The lowest BCUT2D eigenvalue weighted by Crippen LogP contribution is -2.42. The third kappa shape index (κ3) is 8.02. The van der Waals surface area contributed by atoms with Crippen molar-refractivity contribution in [2.75, 3.05) is 19.7 Å². The topological polar surface area (TPSA) is 92.8 Å². The molecule has 0 bridgehead atoms. The van der Waals surface area contributed by atoms with Crippen molar-refractivity contribution in [2.45, 2.75) is 87.2 Å². The van der Waals surface area contributed by atoms with Gasteiger partial charge in [0.25, 0.3) is 0 Å². The third-order valence-corrected chi connectivity index (χ3v) is 5.81. The van der Waals surface area contributed by atoms with Gasteiger partial charge in [-0.25, -0.2) is 0 Å². The van der Waals surface area contributed by atoms with Crippen molar-refractivity contribution in [2.24, 2.45) is 22.7 Å². The van der Waals surface area contributed by atoms with Crippen LogP contribution in [0.5, 0.6) is 0 Å². The summed E-state index contributed by atoms with van der Waals surface area (Å²) in [6.07, 6.45) is 0.907. The van der Waals surface area contributed by atoms with Gasteiger partial charge in [0.2, 0.25) is 17.7 Å². The van der Waals surface area contributed by atoms with Gasteiger partial charge >= 0.3 is 0 Å². The lowest BCUT2D eigenvalue weighted by atomic mass is 9.75. The minimum absolute atomic E-state index is 0.0939. The molecule has 1 rings (SSSR count). The second-order valence-electron chi connectivity index (χ2n) is 11.3. The molecular formula is C24H42N2O5. The molecule has 1 N–H and O–H groups in total. The molecule has 1 aliphatic rings. The van der Waals surface area contributed by atoms with Gasteiger partial charge in [0.05, 0.1) is 12.2 Å². The van der Waals surface area contributed by atoms with Gasteiger partial charge in [0, 0.05) is 42.7 Å². The van der Waals surface area contributed by atoms with Gasteiger partial charge in [-0.2, -0.15) is 0 Å². The van der Waals surface area contributed by atoms with E-state index in [0.717, 1.165) is 0 Å². The average Bonchev–Trinajstić information content (AvgIpc) is 2.91. The molecule has 1 heterocycles. The van der Waals surface area contributed by atoms with Crippen LogP contribution in [0.3, 0.4) is 0 Å². The molecule has 7 heteroatoms. The standard InChI is InChI=1S/C24H42N2O5/c1-16(2)17-14-19(28)26(20(17)29)13-10-18(27)25-12-11-24(8,9)31-15-23(6,7)21(30)22(3,4)5/h16-17H,10-15H2,1-9H3,(H,25,27). The van der Waals surface area contributed by atoms with E-state index in [4.69, 9.17) is 4.74 Å². The van der Waals surface area contributed by atoms with Gasteiger partial charge in [-0.3, -0.25) is 24.1 Å². The van der Waals surface area contributed by atoms with E-state index in [2.05, 4.69) is 5.32 Å². The number of amides is 3. The van der Waals surface area contributed by atoms with Crippen LogP contribution in [0.1, 0.15) is 81.6 Å². The molecule has 0 aliphatic carbocycles. The number of hydrogen-bond donors (Lipinski definition) is 1. The lowest BCUT2D eigenvalue weighted by Gasteiger charge is -2.34. The minimum atomic E-state index is -0.596. The predicted octanol–water partition coefficient (Wildman–Crippen LogP) is 3.35. The molecule has 1 aliphatic heterocycles. The zero-order chi connectivity index (χ0) is 24.2. The van der Waals surface area contributed by atoms with Crippen LogP contribution in [0.25, 0.3) is 0 Å². The SMILES string of the molecule is CC(C)C1CC(=O)N(CCC(=O)NCCC(C)(C)OCC(C)(C)C(=O)C(C)(C)C)C1=O. The molecule has 3 amide bonds. The van der Waals surface area contributed by atoms with E-state index >= 15 is 0 Å². The number of imide groups is 1. The number of nitrogens with one attached hydrogen (secondary N) is 1. The Bertz CT molecular complexity index is 689. The number of Topliss-reactive ketones (excluding diaryl/α,β-unsaturated/α-hetero) is 1. The van der Waals surface area contributed by atoms with Gasteiger partial charge < -0.3 is 10.1 Å². The zero-order valence-electron chi connectivity index (χ0n) is 20.9. The molecule has 1 unspecified atom stereocenters. The summed E-state index contributed by atoms with van der Waals surface area (Å²) in [6.45, 7) is 18.1. The summed E-state index contributed by atoms with van der Waals surface area (Å²) >= 11 is 0. The van der Waals surface area contributed by atoms with Crippen molar-refractivity contribution >= 4 is 23.5 Å². The van der Waals surface area contributed by atoms with Crippen LogP contribution in [0.4, 0.5) is 0 Å². The largest absolute Gasteiger partial charge is 0.374 e. The van der Waals surface area contributed by atoms with E-state index in [1.165, 1.54) is 4.90 Å². The molecule has 0 aromatic heterocycles. The first-order valence-electron chi connectivity index (χ1n) is 11.3. The Morgan fingerprint density at radius 3 is 2.16 bits per heavy atom. The predicted molar refractivity (Wildman–Crippen MR) is 120 cm³/mol. The van der Waals surface area contributed by atoms with Gasteiger partial charge in [-0.1, -0.05) is 48.5 Å². The van der Waals surface area contributed by atoms with Gasteiger partial charge in [-0.15, -0.1) is 0 Å². The second-order valence-corrected chi connectivity index (χ2v) is 11.3. The van der Waals surface area contributed by atoms with E-state index in [9.17, 15) is 19.2 Å². The summed E-state index contributed by atoms with van der Waals surface area (Å²) in [5.74, 6) is -0.584. The van der Waals surface area contributed by atoms with E-state index in [0.29, 0.717) is 19.6 Å². The smallest absolute Gasteiger partial charge is 0.233 e. The number of nitrogens with zero attached hydrogens (tertiary/aromatic N) is 1. The van der Waals surface area contributed by atoms with Crippen molar-refractivity contribution in [3.8, 4) is 0 Å². The number of rotatable bonds is 11. The van der Waals surface area contributed by atoms with E-state index < -0.39 is 16.4 Å². The molecule has 7 nitrogen and oxygen atoms in total. The van der Waals surface area contributed by atoms with Crippen molar-refractivity contribution < 1.29 is 23.9 Å². The Morgan fingerprint density at radius 2 is 1.68 bits per heavy atom. The summed E-state index contributed by atoms with van der Waals surface area (Å²) in [4.78, 5) is 50.4. The van der Waals surface area contributed by atoms with Gasteiger partial charge in [0.15, 0.2) is 0 Å². The summed E-state index contributed by atoms with van der Waals surface area (Å²) < 4.78 is 6.03. The number of carbonyl (C=O) groups is 4. The van der Waals surface area contributed by atoms with Crippen LogP contribution < -0.4 is 5.32 Å². The molecule has 0 radical (unpaired) electrons. The second kappa shape index (κ2) is 10.2. The number of hydrogen-bond acceptors (Lipinski definition) is 5. The Balaban J connectivity index is 2.42. The molecule has 178 valence electrons. The van der Waals surface area contributed by atoms with Crippen molar-refractivity contribution in [3.63, 3.8) is 0 Å². The first-order chi connectivity index (χ1) is 14.0. The molecule has 1 atom stereocenters. The maximum atomic E-state index is 12.6. The fourth-order valence-corrected chi connectivity index (χ4v) is 3.80. The summed E-state index contributed by atoms with van der Waals surface area (Å²) in [7, 11) is 0. The van der Waals surface area contributed by atoms with Crippen LogP contribution >= 0.6 is 0 Å². The Labute approximate surface area is 187 Å². The highest BCUT2D eigenvalue weighted by Crippen LogP contribution is 2.31. The van der Waals surface area contributed by atoms with E-state index in [1.807, 2.05) is 62.3 Å². The molecule has 31 heavy (non-hydrogen) atoms. The normalized spacial score (nSPS) is 18.1. The zero-order valence-corrected chi connectivity index (χ0v) is 20.9. The molecule has 0 aromatic carbocycles. The Hall–Kier alpha value is -1.76. The third-order valence-electron chi connectivity index (χ3n) is 5.81. The van der Waals surface area contributed by atoms with Crippen LogP contribution in [0.15, 0.2) is 0 Å². The summed E-state index contributed by atoms with van der Waals surface area (Å²) in [5, 5.41) is 2.84. The maximum Gasteiger partial charge on any atom is 0.233 e. The minimum Gasteiger partial charge on any atom is -0.374 e. The van der Waals surface area contributed by atoms with E-state index in [1.54, 1.807) is 0 Å². The average molecular weight is 439 g/mol. The molecule has 0 saturated carbocycles. The van der Waals surface area contributed by atoms with Crippen LogP contribution in [-0.2, 0) is 23.9 Å². The molecule has 1 saturated heterocycles. The fraction of sp³-hybridized carbons (Fsp3) is 0.833. The Morgan fingerprint density at radius 1 is 1.10 bits per heavy atom. The number of likely N-dealkylation sites (tertiary alicyclic amines) is 1. The van der Waals surface area contributed by atoms with Gasteiger partial charge in [0.1, 0.15) is 5.78 Å². The van der Waals surface area contributed by atoms with Crippen LogP contribution in [0.2, 0.25) is 0 Å².